The Morgan fingerprint density at radius 1 is 1.11 bits per heavy atom. The van der Waals surface area contributed by atoms with E-state index in [4.69, 9.17) is 4.74 Å². The Hall–Kier alpha value is -4.62. The van der Waals surface area contributed by atoms with Gasteiger partial charge in [-0.25, -0.2) is 18.1 Å². The zero-order chi connectivity index (χ0) is 32.6. The number of sulfonamides is 1. The van der Waals surface area contributed by atoms with Crippen molar-refractivity contribution >= 4 is 32.8 Å². The second kappa shape index (κ2) is 12.6. The highest BCUT2D eigenvalue weighted by molar-refractivity contribution is 7.89. The van der Waals surface area contributed by atoms with Crippen LogP contribution in [0.1, 0.15) is 60.4 Å². The van der Waals surface area contributed by atoms with Gasteiger partial charge in [-0.1, -0.05) is 36.4 Å². The molecule has 1 N–H and O–H groups in total. The summed E-state index contributed by atoms with van der Waals surface area (Å²) in [4.78, 5) is 17.8. The molecular formula is C33H38N8O4S. The molecule has 0 bridgehead atoms. The van der Waals surface area contributed by atoms with Crippen molar-refractivity contribution in [1.29, 1.82) is 0 Å². The SMILES string of the molecule is CC[C@@H]1CN(Cc2cc(C(CC(=O)Nc3ccnn3C)c3ccc4c(nnn4CC)c3C)ccc2C)S(=O)(=O)c2cccnc2O1. The largest absolute Gasteiger partial charge is 0.472 e. The molecule has 1 amide bonds. The number of benzene rings is 2. The van der Waals surface area contributed by atoms with Crippen LogP contribution >= 0.6 is 0 Å². The van der Waals surface area contributed by atoms with E-state index in [0.717, 1.165) is 38.9 Å². The van der Waals surface area contributed by atoms with Crippen LogP contribution in [0.5, 0.6) is 5.88 Å². The molecule has 0 saturated heterocycles. The van der Waals surface area contributed by atoms with Crippen LogP contribution in [0.2, 0.25) is 0 Å². The minimum absolute atomic E-state index is 0.0634. The standard InChI is InChI=1S/C33H38N8O4S/c1-6-25-20-40(46(43,44)29-9-8-15-34-33(29)45-25)19-24-17-23(11-10-21(24)3)27(18-31(42)36-30-14-16-35-39(30)5)26-12-13-28-32(22(26)4)37-38-41(28)7-2/h8-17,25,27H,6-7,18-20H2,1-5H3,(H,36,42)/t25-,27?/m1/s1. The zero-order valence-electron chi connectivity index (χ0n) is 26.6. The third-order valence-corrected chi connectivity index (χ3v) is 10.6. The van der Waals surface area contributed by atoms with E-state index in [0.29, 0.717) is 18.8 Å². The smallest absolute Gasteiger partial charge is 0.248 e. The van der Waals surface area contributed by atoms with Gasteiger partial charge >= 0.3 is 0 Å². The topological polar surface area (TPSA) is 137 Å². The van der Waals surface area contributed by atoms with Gasteiger partial charge in [-0.15, -0.1) is 5.10 Å². The summed E-state index contributed by atoms with van der Waals surface area (Å²) in [6.07, 6.45) is 3.60. The number of fused-ring (bicyclic) bond motifs is 2. The van der Waals surface area contributed by atoms with Gasteiger partial charge in [0.25, 0.3) is 0 Å². The van der Waals surface area contributed by atoms with Gasteiger partial charge in [-0.3, -0.25) is 9.48 Å². The van der Waals surface area contributed by atoms with Crippen LogP contribution < -0.4 is 10.1 Å². The number of hydrogen-bond acceptors (Lipinski definition) is 8. The fraction of sp³-hybridized carbons (Fsp3) is 0.364. The fourth-order valence-electron chi connectivity index (χ4n) is 6.03. The van der Waals surface area contributed by atoms with Gasteiger partial charge in [-0.2, -0.15) is 9.40 Å². The number of aromatic nitrogens is 6. The molecule has 13 heteroatoms. The lowest BCUT2D eigenvalue weighted by atomic mass is 9.84. The molecule has 5 aromatic rings. The first-order valence-electron chi connectivity index (χ1n) is 15.4. The highest BCUT2D eigenvalue weighted by atomic mass is 32.2. The van der Waals surface area contributed by atoms with E-state index in [1.807, 2.05) is 62.7 Å². The van der Waals surface area contributed by atoms with Crippen molar-refractivity contribution in [3.8, 4) is 5.88 Å². The summed E-state index contributed by atoms with van der Waals surface area (Å²) in [7, 11) is -2.12. The average molecular weight is 643 g/mol. The van der Waals surface area contributed by atoms with Gasteiger partial charge in [0, 0.05) is 44.7 Å². The molecule has 2 atom stereocenters. The number of ether oxygens (including phenoxy) is 1. The molecule has 1 aliphatic heterocycles. The van der Waals surface area contributed by atoms with Crippen LogP contribution in [0, 0.1) is 13.8 Å². The molecule has 240 valence electrons. The molecule has 12 nitrogen and oxygen atoms in total. The number of nitrogens with zero attached hydrogens (tertiary/aromatic N) is 7. The maximum absolute atomic E-state index is 13.9. The van der Waals surface area contributed by atoms with E-state index in [2.05, 4.69) is 25.7 Å². The van der Waals surface area contributed by atoms with Crippen molar-refractivity contribution in [3.63, 3.8) is 0 Å². The van der Waals surface area contributed by atoms with E-state index in [1.54, 1.807) is 30.1 Å². The molecule has 1 aliphatic rings. The number of aryl methyl sites for hydroxylation is 4. The molecule has 0 fully saturated rings. The van der Waals surface area contributed by atoms with E-state index < -0.39 is 10.0 Å². The lowest BCUT2D eigenvalue weighted by Crippen LogP contribution is -2.36. The van der Waals surface area contributed by atoms with Crippen molar-refractivity contribution in [2.75, 3.05) is 11.9 Å². The van der Waals surface area contributed by atoms with Crippen LogP contribution in [-0.2, 0) is 35.0 Å². The summed E-state index contributed by atoms with van der Waals surface area (Å²) < 4.78 is 38.7. The molecule has 0 radical (unpaired) electrons. The van der Waals surface area contributed by atoms with Crippen LogP contribution in [0.25, 0.3) is 11.0 Å². The van der Waals surface area contributed by atoms with Gasteiger partial charge in [0.1, 0.15) is 22.3 Å². The Balaban J connectivity index is 1.40. The summed E-state index contributed by atoms with van der Waals surface area (Å²) in [5, 5.41) is 15.9. The minimum atomic E-state index is -3.89. The molecule has 0 spiro atoms. The quantitative estimate of drug-likeness (QED) is 0.244. The van der Waals surface area contributed by atoms with Gasteiger partial charge in [-0.05, 0) is 73.2 Å². The second-order valence-corrected chi connectivity index (χ2v) is 13.5. The molecule has 1 unspecified atom stereocenters. The van der Waals surface area contributed by atoms with Crippen molar-refractivity contribution in [2.24, 2.45) is 7.05 Å². The van der Waals surface area contributed by atoms with Crippen LogP contribution in [-0.4, -0.2) is 61.0 Å². The van der Waals surface area contributed by atoms with E-state index in [1.165, 1.54) is 16.6 Å². The van der Waals surface area contributed by atoms with Crippen molar-refractivity contribution in [1.82, 2.24) is 34.1 Å². The molecule has 0 aliphatic carbocycles. The van der Waals surface area contributed by atoms with Crippen LogP contribution in [0.15, 0.2) is 65.8 Å². The number of carbonyl (C=O) groups is 1. The Kier molecular flexibility index (Phi) is 8.62. The van der Waals surface area contributed by atoms with E-state index >= 15 is 0 Å². The molecule has 46 heavy (non-hydrogen) atoms. The monoisotopic (exact) mass is 642 g/mol. The number of nitrogens with one attached hydrogen (secondary N) is 1. The minimum Gasteiger partial charge on any atom is -0.472 e. The lowest BCUT2D eigenvalue weighted by Gasteiger charge is -2.25. The highest BCUT2D eigenvalue weighted by Gasteiger charge is 2.35. The number of hydrogen-bond donors (Lipinski definition) is 1. The predicted molar refractivity (Wildman–Crippen MR) is 174 cm³/mol. The van der Waals surface area contributed by atoms with Crippen molar-refractivity contribution in [2.45, 2.75) is 70.5 Å². The zero-order valence-corrected chi connectivity index (χ0v) is 27.5. The number of carbonyl (C=O) groups excluding carboxylic acids is 1. The fourth-order valence-corrected chi connectivity index (χ4v) is 7.55. The van der Waals surface area contributed by atoms with Crippen LogP contribution in [0.4, 0.5) is 5.82 Å². The predicted octanol–water partition coefficient (Wildman–Crippen LogP) is 4.72. The molecule has 0 saturated carbocycles. The van der Waals surface area contributed by atoms with Gasteiger partial charge in [0.2, 0.25) is 21.8 Å². The highest BCUT2D eigenvalue weighted by Crippen LogP contribution is 2.36. The molecular weight excluding hydrogens is 604 g/mol. The summed E-state index contributed by atoms with van der Waals surface area (Å²) in [5.74, 6) is 0.212. The number of anilines is 1. The van der Waals surface area contributed by atoms with Gasteiger partial charge in [0.05, 0.1) is 18.3 Å². The molecule has 4 heterocycles. The van der Waals surface area contributed by atoms with Gasteiger partial charge in [0.15, 0.2) is 0 Å². The Morgan fingerprint density at radius 3 is 2.67 bits per heavy atom. The number of pyridine rings is 1. The molecule has 6 rings (SSSR count). The first kappa shape index (κ1) is 31.4. The number of amides is 1. The first-order chi connectivity index (χ1) is 22.1. The van der Waals surface area contributed by atoms with Crippen molar-refractivity contribution in [3.05, 3.63) is 88.7 Å². The van der Waals surface area contributed by atoms with Crippen molar-refractivity contribution < 1.29 is 17.9 Å². The van der Waals surface area contributed by atoms with Gasteiger partial charge < -0.3 is 10.1 Å². The van der Waals surface area contributed by atoms with E-state index in [-0.39, 0.29) is 48.2 Å². The molecule has 2 aromatic carbocycles. The third kappa shape index (κ3) is 5.87. The summed E-state index contributed by atoms with van der Waals surface area (Å²) in [6.45, 7) is 8.99. The maximum Gasteiger partial charge on any atom is 0.248 e. The normalized spacial score (nSPS) is 16.8. The lowest BCUT2D eigenvalue weighted by molar-refractivity contribution is -0.116. The van der Waals surface area contributed by atoms with Crippen LogP contribution in [0.3, 0.4) is 0 Å². The third-order valence-electron chi connectivity index (χ3n) is 8.75. The summed E-state index contributed by atoms with van der Waals surface area (Å²) in [5.41, 5.74) is 6.30. The number of rotatable bonds is 9. The average Bonchev–Trinajstić information content (AvgIpc) is 3.63. The molecule has 3 aromatic heterocycles. The second-order valence-electron chi connectivity index (χ2n) is 11.6. The first-order valence-corrected chi connectivity index (χ1v) is 16.9. The summed E-state index contributed by atoms with van der Waals surface area (Å²) in [6, 6.07) is 15.0. The Morgan fingerprint density at radius 2 is 1.93 bits per heavy atom. The van der Waals surface area contributed by atoms with E-state index in [9.17, 15) is 13.2 Å². The Bertz CT molecular complexity index is 2020. The Labute approximate surface area is 268 Å². The maximum atomic E-state index is 13.9. The summed E-state index contributed by atoms with van der Waals surface area (Å²) >= 11 is 0.